The van der Waals surface area contributed by atoms with Crippen molar-refractivity contribution in [2.45, 2.75) is 12.8 Å². The van der Waals surface area contributed by atoms with Gasteiger partial charge in [0.2, 0.25) is 0 Å². The van der Waals surface area contributed by atoms with Crippen molar-refractivity contribution in [2.75, 3.05) is 27.4 Å². The molecule has 2 rings (SSSR count). The van der Waals surface area contributed by atoms with Crippen LogP contribution in [0.25, 0.3) is 0 Å². The van der Waals surface area contributed by atoms with Gasteiger partial charge in [-0.3, -0.25) is 9.59 Å². The van der Waals surface area contributed by atoms with E-state index in [0.717, 1.165) is 5.56 Å². The molecule has 6 nitrogen and oxygen atoms in total. The number of carbonyl (C=O) groups excluding carboxylic acids is 2. The lowest BCUT2D eigenvalue weighted by Gasteiger charge is -2.16. The van der Waals surface area contributed by atoms with Crippen molar-refractivity contribution in [3.05, 3.63) is 23.8 Å². The number of cyclic esters (lactones) is 1. The van der Waals surface area contributed by atoms with Crippen molar-refractivity contribution >= 4 is 11.9 Å². The lowest BCUT2D eigenvalue weighted by molar-refractivity contribution is -0.155. The van der Waals surface area contributed by atoms with E-state index < -0.39 is 17.9 Å². The van der Waals surface area contributed by atoms with Gasteiger partial charge in [-0.05, 0) is 24.6 Å². The van der Waals surface area contributed by atoms with Crippen LogP contribution in [0.15, 0.2) is 18.2 Å². The maximum atomic E-state index is 11.9. The zero-order valence-electron chi connectivity index (χ0n) is 12.3. The number of methoxy groups -OCH3 is 2. The first-order chi connectivity index (χ1) is 10.1. The second-order valence-electron chi connectivity index (χ2n) is 4.58. The Bertz CT molecular complexity index is 539. The molecule has 0 N–H and O–H groups in total. The van der Waals surface area contributed by atoms with Gasteiger partial charge in [-0.2, -0.15) is 0 Å². The van der Waals surface area contributed by atoms with Gasteiger partial charge in [0.1, 0.15) is 0 Å². The molecule has 1 fully saturated rings. The van der Waals surface area contributed by atoms with E-state index in [4.69, 9.17) is 18.9 Å². The summed E-state index contributed by atoms with van der Waals surface area (Å²) >= 11 is 0. The molecule has 2 atom stereocenters. The van der Waals surface area contributed by atoms with Crippen LogP contribution in [-0.2, 0) is 19.1 Å². The second kappa shape index (κ2) is 6.47. The molecule has 1 saturated heterocycles. The number of hydrogen-bond donors (Lipinski definition) is 0. The smallest absolute Gasteiger partial charge is 0.321 e. The largest absolute Gasteiger partial charge is 0.493 e. The number of esters is 2. The minimum Gasteiger partial charge on any atom is -0.493 e. The SMILES string of the molecule is CCOC(=O)[C@@H]1C(=O)OC[C@H]1c1ccc(OC)c(OC)c1. The van der Waals surface area contributed by atoms with E-state index in [1.54, 1.807) is 32.2 Å². The third kappa shape index (κ3) is 2.94. The van der Waals surface area contributed by atoms with Gasteiger partial charge in [0.15, 0.2) is 17.4 Å². The molecular formula is C15H18O6. The Labute approximate surface area is 122 Å². The lowest BCUT2D eigenvalue weighted by atomic mass is 9.88. The summed E-state index contributed by atoms with van der Waals surface area (Å²) in [6, 6.07) is 5.27. The minimum atomic E-state index is -0.928. The zero-order chi connectivity index (χ0) is 15.4. The number of benzene rings is 1. The average molecular weight is 294 g/mol. The Kier molecular flexibility index (Phi) is 4.67. The molecule has 0 bridgehead atoms. The third-order valence-corrected chi connectivity index (χ3v) is 3.44. The third-order valence-electron chi connectivity index (χ3n) is 3.44. The van der Waals surface area contributed by atoms with Crippen molar-refractivity contribution in [2.24, 2.45) is 5.92 Å². The molecule has 21 heavy (non-hydrogen) atoms. The minimum absolute atomic E-state index is 0.151. The molecule has 114 valence electrons. The summed E-state index contributed by atoms with van der Waals surface area (Å²) < 4.78 is 20.4. The summed E-state index contributed by atoms with van der Waals surface area (Å²) in [6.07, 6.45) is 0. The summed E-state index contributed by atoms with van der Waals surface area (Å²) in [5.74, 6) is -1.29. The van der Waals surface area contributed by atoms with E-state index in [1.807, 2.05) is 0 Å². The Morgan fingerprint density at radius 1 is 1.29 bits per heavy atom. The normalized spacial score (nSPS) is 20.8. The number of carbonyl (C=O) groups is 2. The van der Waals surface area contributed by atoms with Crippen LogP contribution in [0.3, 0.4) is 0 Å². The molecule has 0 aliphatic carbocycles. The Balaban J connectivity index is 2.31. The molecule has 1 heterocycles. The van der Waals surface area contributed by atoms with Gasteiger partial charge in [0, 0.05) is 5.92 Å². The average Bonchev–Trinajstić information content (AvgIpc) is 2.88. The van der Waals surface area contributed by atoms with Crippen LogP contribution in [0.4, 0.5) is 0 Å². The molecule has 6 heteroatoms. The van der Waals surface area contributed by atoms with Crippen molar-refractivity contribution in [3.8, 4) is 11.5 Å². The van der Waals surface area contributed by atoms with Gasteiger partial charge < -0.3 is 18.9 Å². The van der Waals surface area contributed by atoms with Gasteiger partial charge in [0.25, 0.3) is 0 Å². The second-order valence-corrected chi connectivity index (χ2v) is 4.58. The first kappa shape index (κ1) is 15.2. The Hall–Kier alpha value is -2.24. The molecule has 0 unspecified atom stereocenters. The maximum Gasteiger partial charge on any atom is 0.321 e. The van der Waals surface area contributed by atoms with E-state index in [-0.39, 0.29) is 19.1 Å². The summed E-state index contributed by atoms with van der Waals surface area (Å²) in [4.78, 5) is 23.7. The first-order valence-corrected chi connectivity index (χ1v) is 6.67. The summed E-state index contributed by atoms with van der Waals surface area (Å²) in [5.41, 5.74) is 0.775. The predicted molar refractivity (Wildman–Crippen MR) is 73.4 cm³/mol. The molecule has 1 aromatic rings. The van der Waals surface area contributed by atoms with E-state index in [9.17, 15) is 9.59 Å². The molecule has 0 amide bonds. The standard InChI is InChI=1S/C15H18O6/c1-4-20-14(16)13-10(8-21-15(13)17)9-5-6-11(18-2)12(7-9)19-3/h5-7,10,13H,4,8H2,1-3H3/t10-,13+/m0/s1. The molecule has 0 aromatic heterocycles. The highest BCUT2D eigenvalue weighted by atomic mass is 16.6. The lowest BCUT2D eigenvalue weighted by Crippen LogP contribution is -2.26. The van der Waals surface area contributed by atoms with Crippen LogP contribution in [0.2, 0.25) is 0 Å². The molecule has 0 saturated carbocycles. The predicted octanol–water partition coefficient (Wildman–Crippen LogP) is 1.52. The van der Waals surface area contributed by atoms with Gasteiger partial charge in [0.05, 0.1) is 27.4 Å². The molecule has 0 radical (unpaired) electrons. The van der Waals surface area contributed by atoms with Crippen molar-refractivity contribution in [3.63, 3.8) is 0 Å². The van der Waals surface area contributed by atoms with Crippen LogP contribution >= 0.6 is 0 Å². The van der Waals surface area contributed by atoms with E-state index >= 15 is 0 Å². The molecule has 1 aliphatic heterocycles. The highest BCUT2D eigenvalue weighted by Gasteiger charge is 2.44. The highest BCUT2D eigenvalue weighted by molar-refractivity contribution is 5.97. The van der Waals surface area contributed by atoms with Crippen LogP contribution in [-0.4, -0.2) is 39.4 Å². The fraction of sp³-hybridized carbons (Fsp3) is 0.467. The molecule has 0 spiro atoms. The summed E-state index contributed by atoms with van der Waals surface area (Å²) in [7, 11) is 3.07. The van der Waals surface area contributed by atoms with Crippen LogP contribution < -0.4 is 9.47 Å². The maximum absolute atomic E-state index is 11.9. The van der Waals surface area contributed by atoms with Gasteiger partial charge in [-0.25, -0.2) is 0 Å². The first-order valence-electron chi connectivity index (χ1n) is 6.67. The van der Waals surface area contributed by atoms with Crippen LogP contribution in [0.1, 0.15) is 18.4 Å². The molecule has 1 aromatic carbocycles. The Morgan fingerprint density at radius 2 is 2.00 bits per heavy atom. The van der Waals surface area contributed by atoms with Crippen LogP contribution in [0.5, 0.6) is 11.5 Å². The van der Waals surface area contributed by atoms with E-state index in [2.05, 4.69) is 0 Å². The molecule has 1 aliphatic rings. The van der Waals surface area contributed by atoms with Gasteiger partial charge >= 0.3 is 11.9 Å². The zero-order valence-corrected chi connectivity index (χ0v) is 12.3. The van der Waals surface area contributed by atoms with Crippen LogP contribution in [0, 0.1) is 5.92 Å². The number of ether oxygens (including phenoxy) is 4. The van der Waals surface area contributed by atoms with Gasteiger partial charge in [-0.1, -0.05) is 6.07 Å². The number of rotatable bonds is 5. The quantitative estimate of drug-likeness (QED) is 0.606. The molecular weight excluding hydrogens is 276 g/mol. The fourth-order valence-electron chi connectivity index (χ4n) is 2.39. The van der Waals surface area contributed by atoms with E-state index in [1.165, 1.54) is 7.11 Å². The topological polar surface area (TPSA) is 71.1 Å². The Morgan fingerprint density at radius 3 is 2.62 bits per heavy atom. The van der Waals surface area contributed by atoms with Crippen molar-refractivity contribution < 1.29 is 28.5 Å². The number of hydrogen-bond acceptors (Lipinski definition) is 6. The van der Waals surface area contributed by atoms with Gasteiger partial charge in [-0.15, -0.1) is 0 Å². The monoisotopic (exact) mass is 294 g/mol. The van der Waals surface area contributed by atoms with Crippen molar-refractivity contribution in [1.29, 1.82) is 0 Å². The van der Waals surface area contributed by atoms with E-state index in [0.29, 0.717) is 11.5 Å². The summed E-state index contributed by atoms with van der Waals surface area (Å²) in [5, 5.41) is 0. The highest BCUT2D eigenvalue weighted by Crippen LogP contribution is 2.37. The van der Waals surface area contributed by atoms with Crippen molar-refractivity contribution in [1.82, 2.24) is 0 Å². The fourth-order valence-corrected chi connectivity index (χ4v) is 2.39. The summed E-state index contributed by atoms with van der Waals surface area (Å²) in [6.45, 7) is 2.07.